The molecule has 0 saturated carbocycles. The average molecular weight is 275 g/mol. The highest BCUT2D eigenvalue weighted by Crippen LogP contribution is 2.23. The predicted octanol–water partition coefficient (Wildman–Crippen LogP) is 3.20. The van der Waals surface area contributed by atoms with E-state index in [1.807, 2.05) is 38.2 Å². The van der Waals surface area contributed by atoms with Crippen LogP contribution in [0.3, 0.4) is 0 Å². The minimum atomic E-state index is 0.0490. The minimum Gasteiger partial charge on any atom is -0.494 e. The molecule has 1 N–H and O–H groups in total. The van der Waals surface area contributed by atoms with Crippen LogP contribution in [0.15, 0.2) is 28.7 Å². The van der Waals surface area contributed by atoms with Gasteiger partial charge in [-0.1, -0.05) is 13.3 Å². The SMILES string of the molecule is CCCCOc1ccc(-c2nnc(C(C)NC)o2)cc1. The number of ether oxygens (including phenoxy) is 1. The van der Waals surface area contributed by atoms with Gasteiger partial charge in [-0.3, -0.25) is 0 Å². The summed E-state index contributed by atoms with van der Waals surface area (Å²) in [6, 6.07) is 7.77. The summed E-state index contributed by atoms with van der Waals surface area (Å²) >= 11 is 0. The Hall–Kier alpha value is -1.88. The normalized spacial score (nSPS) is 12.3. The van der Waals surface area contributed by atoms with Gasteiger partial charge >= 0.3 is 0 Å². The topological polar surface area (TPSA) is 60.2 Å². The summed E-state index contributed by atoms with van der Waals surface area (Å²) in [5.41, 5.74) is 0.898. The lowest BCUT2D eigenvalue weighted by Crippen LogP contribution is -2.12. The molecule has 0 fully saturated rings. The van der Waals surface area contributed by atoms with E-state index in [2.05, 4.69) is 22.4 Å². The molecule has 0 amide bonds. The third-order valence-corrected chi connectivity index (χ3v) is 3.11. The lowest BCUT2D eigenvalue weighted by molar-refractivity contribution is 0.309. The third kappa shape index (κ3) is 3.57. The molecule has 0 aliphatic carbocycles. The first-order chi connectivity index (χ1) is 9.74. The van der Waals surface area contributed by atoms with Gasteiger partial charge in [-0.05, 0) is 44.7 Å². The zero-order valence-corrected chi connectivity index (χ0v) is 12.2. The van der Waals surface area contributed by atoms with E-state index in [0.717, 1.165) is 30.8 Å². The molecule has 1 unspecified atom stereocenters. The highest BCUT2D eigenvalue weighted by atomic mass is 16.5. The smallest absolute Gasteiger partial charge is 0.247 e. The van der Waals surface area contributed by atoms with Crippen LogP contribution in [0, 0.1) is 0 Å². The standard InChI is InChI=1S/C15H21N3O2/c1-4-5-10-19-13-8-6-12(7-9-13)15-18-17-14(20-15)11(2)16-3/h6-9,11,16H,4-5,10H2,1-3H3. The molecular formula is C15H21N3O2. The molecule has 0 saturated heterocycles. The Morgan fingerprint density at radius 3 is 2.65 bits per heavy atom. The van der Waals surface area contributed by atoms with Gasteiger partial charge in [-0.25, -0.2) is 0 Å². The molecule has 0 aliphatic heterocycles. The van der Waals surface area contributed by atoms with Crippen molar-refractivity contribution >= 4 is 0 Å². The fourth-order valence-electron chi connectivity index (χ4n) is 1.68. The number of hydrogen-bond acceptors (Lipinski definition) is 5. The summed E-state index contributed by atoms with van der Waals surface area (Å²) < 4.78 is 11.3. The highest BCUT2D eigenvalue weighted by Gasteiger charge is 2.13. The number of nitrogens with zero attached hydrogens (tertiary/aromatic N) is 2. The Labute approximate surface area is 119 Å². The maximum absolute atomic E-state index is 5.64. The average Bonchev–Trinajstić information content (AvgIpc) is 2.97. The van der Waals surface area contributed by atoms with E-state index in [1.54, 1.807) is 0 Å². The van der Waals surface area contributed by atoms with Crippen molar-refractivity contribution in [2.45, 2.75) is 32.7 Å². The molecule has 2 rings (SSSR count). The van der Waals surface area contributed by atoms with E-state index in [-0.39, 0.29) is 6.04 Å². The van der Waals surface area contributed by atoms with Crippen LogP contribution in [0.2, 0.25) is 0 Å². The number of aromatic nitrogens is 2. The predicted molar refractivity (Wildman–Crippen MR) is 77.6 cm³/mol. The van der Waals surface area contributed by atoms with Crippen molar-refractivity contribution in [1.29, 1.82) is 0 Å². The molecule has 1 heterocycles. The summed E-state index contributed by atoms with van der Waals surface area (Å²) in [4.78, 5) is 0. The molecular weight excluding hydrogens is 254 g/mol. The second kappa shape index (κ2) is 7.05. The molecule has 1 atom stereocenters. The maximum Gasteiger partial charge on any atom is 0.247 e. The van der Waals surface area contributed by atoms with Gasteiger partial charge in [0.2, 0.25) is 11.8 Å². The lowest BCUT2D eigenvalue weighted by Gasteiger charge is -2.05. The van der Waals surface area contributed by atoms with Crippen LogP contribution >= 0.6 is 0 Å². The Bertz CT molecular complexity index is 522. The summed E-state index contributed by atoms with van der Waals surface area (Å²) in [6.45, 7) is 4.87. The molecule has 1 aromatic heterocycles. The minimum absolute atomic E-state index is 0.0490. The number of nitrogens with one attached hydrogen (secondary N) is 1. The van der Waals surface area contributed by atoms with Gasteiger partial charge in [0.05, 0.1) is 12.6 Å². The van der Waals surface area contributed by atoms with Gasteiger partial charge in [0.1, 0.15) is 5.75 Å². The zero-order chi connectivity index (χ0) is 14.4. The highest BCUT2D eigenvalue weighted by molar-refractivity contribution is 5.53. The van der Waals surface area contributed by atoms with Crippen molar-refractivity contribution in [3.63, 3.8) is 0 Å². The first kappa shape index (κ1) is 14.5. The van der Waals surface area contributed by atoms with E-state index in [0.29, 0.717) is 11.8 Å². The van der Waals surface area contributed by atoms with E-state index in [9.17, 15) is 0 Å². The maximum atomic E-state index is 5.64. The van der Waals surface area contributed by atoms with Crippen LogP contribution in [0.1, 0.15) is 38.6 Å². The Morgan fingerprint density at radius 2 is 2.00 bits per heavy atom. The summed E-state index contributed by atoms with van der Waals surface area (Å²) in [5.74, 6) is 1.98. The fraction of sp³-hybridized carbons (Fsp3) is 0.467. The Morgan fingerprint density at radius 1 is 1.25 bits per heavy atom. The lowest BCUT2D eigenvalue weighted by atomic mass is 10.2. The quantitative estimate of drug-likeness (QED) is 0.786. The van der Waals surface area contributed by atoms with Crippen LogP contribution in [0.5, 0.6) is 5.75 Å². The summed E-state index contributed by atoms with van der Waals surface area (Å²) in [6.07, 6.45) is 2.20. The van der Waals surface area contributed by atoms with Crippen LogP contribution in [0.4, 0.5) is 0 Å². The second-order valence-corrected chi connectivity index (χ2v) is 4.68. The van der Waals surface area contributed by atoms with Gasteiger partial charge in [0, 0.05) is 5.56 Å². The Balaban J connectivity index is 2.04. The first-order valence-corrected chi connectivity index (χ1v) is 6.98. The fourth-order valence-corrected chi connectivity index (χ4v) is 1.68. The first-order valence-electron chi connectivity index (χ1n) is 6.98. The summed E-state index contributed by atoms with van der Waals surface area (Å²) in [5, 5.41) is 11.2. The molecule has 108 valence electrons. The molecule has 1 aromatic carbocycles. The zero-order valence-electron chi connectivity index (χ0n) is 12.2. The van der Waals surface area contributed by atoms with Crippen molar-refractivity contribution in [3.05, 3.63) is 30.2 Å². The second-order valence-electron chi connectivity index (χ2n) is 4.68. The van der Waals surface area contributed by atoms with E-state index >= 15 is 0 Å². The van der Waals surface area contributed by atoms with Crippen LogP contribution in [-0.4, -0.2) is 23.9 Å². The molecule has 0 spiro atoms. The molecule has 0 aliphatic rings. The molecule has 0 bridgehead atoms. The number of unbranched alkanes of at least 4 members (excludes halogenated alkanes) is 1. The largest absolute Gasteiger partial charge is 0.494 e. The van der Waals surface area contributed by atoms with Crippen molar-refractivity contribution in [3.8, 4) is 17.2 Å². The Kier molecular flexibility index (Phi) is 5.12. The van der Waals surface area contributed by atoms with E-state index < -0.39 is 0 Å². The summed E-state index contributed by atoms with van der Waals surface area (Å²) in [7, 11) is 1.86. The van der Waals surface area contributed by atoms with Gasteiger partial charge in [-0.15, -0.1) is 10.2 Å². The molecule has 2 aromatic rings. The van der Waals surface area contributed by atoms with Gasteiger partial charge < -0.3 is 14.5 Å². The van der Waals surface area contributed by atoms with Crippen LogP contribution in [0.25, 0.3) is 11.5 Å². The van der Waals surface area contributed by atoms with Crippen LogP contribution < -0.4 is 10.1 Å². The van der Waals surface area contributed by atoms with Crippen molar-refractivity contribution in [2.24, 2.45) is 0 Å². The van der Waals surface area contributed by atoms with Crippen LogP contribution in [-0.2, 0) is 0 Å². The molecule has 5 nitrogen and oxygen atoms in total. The molecule has 20 heavy (non-hydrogen) atoms. The van der Waals surface area contributed by atoms with Gasteiger partial charge in [0.25, 0.3) is 0 Å². The van der Waals surface area contributed by atoms with E-state index in [4.69, 9.17) is 9.15 Å². The number of hydrogen-bond donors (Lipinski definition) is 1. The van der Waals surface area contributed by atoms with Crippen molar-refractivity contribution < 1.29 is 9.15 Å². The van der Waals surface area contributed by atoms with E-state index in [1.165, 1.54) is 0 Å². The number of benzene rings is 1. The van der Waals surface area contributed by atoms with Gasteiger partial charge in [0.15, 0.2) is 0 Å². The van der Waals surface area contributed by atoms with Crippen molar-refractivity contribution in [2.75, 3.05) is 13.7 Å². The van der Waals surface area contributed by atoms with Crippen molar-refractivity contribution in [1.82, 2.24) is 15.5 Å². The monoisotopic (exact) mass is 275 g/mol. The molecule has 0 radical (unpaired) electrons. The van der Waals surface area contributed by atoms with Gasteiger partial charge in [-0.2, -0.15) is 0 Å². The molecule has 5 heteroatoms. The number of rotatable bonds is 7. The third-order valence-electron chi connectivity index (χ3n) is 3.11.